The van der Waals surface area contributed by atoms with Gasteiger partial charge in [-0.15, -0.1) is 0 Å². The van der Waals surface area contributed by atoms with Crippen molar-refractivity contribution in [2.24, 2.45) is 17.8 Å². The van der Waals surface area contributed by atoms with Gasteiger partial charge in [0, 0.05) is 23.9 Å². The minimum atomic E-state index is -0.723. The lowest BCUT2D eigenvalue weighted by Crippen LogP contribution is -2.68. The molecule has 3 N–H and O–H groups in total. The van der Waals surface area contributed by atoms with Crippen molar-refractivity contribution in [2.75, 3.05) is 12.4 Å². The van der Waals surface area contributed by atoms with Crippen LogP contribution in [-0.2, 0) is 20.7 Å². The van der Waals surface area contributed by atoms with Crippen LogP contribution in [0.15, 0.2) is 54.6 Å². The lowest BCUT2D eigenvalue weighted by atomic mass is 9.58. The summed E-state index contributed by atoms with van der Waals surface area (Å²) in [5.74, 6) is -0.528. The molecule has 6 rings (SSSR count). The average molecular weight is 448 g/mol. The van der Waals surface area contributed by atoms with Crippen LogP contribution in [0.1, 0.15) is 41.6 Å². The first kappa shape index (κ1) is 21.5. The maximum Gasteiger partial charge on any atom is 0.328 e. The van der Waals surface area contributed by atoms with Crippen molar-refractivity contribution < 1.29 is 19.1 Å². The number of nitrogens with one attached hydrogen (secondary N) is 3. The van der Waals surface area contributed by atoms with Crippen LogP contribution in [0.5, 0.6) is 0 Å². The molecule has 4 aliphatic rings. The number of fused-ring (bicyclic) bond motifs is 3. The largest absolute Gasteiger partial charge is 0.467 e. The monoisotopic (exact) mass is 447 g/mol. The van der Waals surface area contributed by atoms with Gasteiger partial charge in [0.2, 0.25) is 5.91 Å². The maximum atomic E-state index is 13.3. The molecule has 0 saturated heterocycles. The highest BCUT2D eigenvalue weighted by molar-refractivity contribution is 6.02. The normalized spacial score (nSPS) is 28.3. The predicted molar refractivity (Wildman–Crippen MR) is 123 cm³/mol. The molecular formula is C26H29N3O4. The van der Waals surface area contributed by atoms with Crippen LogP contribution in [-0.4, -0.2) is 36.6 Å². The van der Waals surface area contributed by atoms with Crippen molar-refractivity contribution in [3.05, 3.63) is 65.7 Å². The second-order valence-electron chi connectivity index (χ2n) is 9.45. The molecule has 0 unspecified atom stereocenters. The number of rotatable bonds is 5. The molecule has 1 aliphatic heterocycles. The third-order valence-corrected chi connectivity index (χ3v) is 7.56. The van der Waals surface area contributed by atoms with E-state index in [2.05, 4.69) is 16.0 Å². The second kappa shape index (κ2) is 8.54. The first-order chi connectivity index (χ1) is 16.0. The fourth-order valence-corrected chi connectivity index (χ4v) is 5.93. The van der Waals surface area contributed by atoms with Gasteiger partial charge < -0.3 is 20.7 Å². The van der Waals surface area contributed by atoms with Crippen LogP contribution in [0, 0.1) is 17.8 Å². The van der Waals surface area contributed by atoms with Gasteiger partial charge in [0.15, 0.2) is 0 Å². The molecule has 33 heavy (non-hydrogen) atoms. The molecule has 2 amide bonds. The molecule has 0 aromatic heterocycles. The molecule has 1 heterocycles. The summed E-state index contributed by atoms with van der Waals surface area (Å²) < 4.78 is 4.96. The van der Waals surface area contributed by atoms with Gasteiger partial charge in [-0.3, -0.25) is 9.59 Å². The SMILES string of the molecule is COC(=O)[C@H](Cc1ccccc1)NC(=O)[C@@H]1C[C@@H]2CC[C@@H]1C[C@@]21NC(=O)c2ccccc2N1. The van der Waals surface area contributed by atoms with E-state index in [0.29, 0.717) is 24.8 Å². The van der Waals surface area contributed by atoms with E-state index < -0.39 is 17.7 Å². The quantitative estimate of drug-likeness (QED) is 0.613. The summed E-state index contributed by atoms with van der Waals surface area (Å²) in [4.78, 5) is 38.5. The lowest BCUT2D eigenvalue weighted by Gasteiger charge is -2.56. The number of carbonyl (C=O) groups is 3. The topological polar surface area (TPSA) is 96.5 Å². The van der Waals surface area contributed by atoms with Crippen molar-refractivity contribution in [3.63, 3.8) is 0 Å². The van der Waals surface area contributed by atoms with Crippen molar-refractivity contribution >= 4 is 23.5 Å². The molecular weight excluding hydrogens is 418 g/mol. The molecule has 3 aliphatic carbocycles. The third kappa shape index (κ3) is 3.96. The number of hydrogen-bond donors (Lipinski definition) is 3. The van der Waals surface area contributed by atoms with E-state index in [1.54, 1.807) is 0 Å². The number of amides is 2. The molecule has 7 heteroatoms. The Bertz CT molecular complexity index is 1070. The van der Waals surface area contributed by atoms with E-state index in [1.165, 1.54) is 7.11 Å². The number of methoxy groups -OCH3 is 1. The fraction of sp³-hybridized carbons (Fsp3) is 0.423. The van der Waals surface area contributed by atoms with Gasteiger partial charge in [-0.1, -0.05) is 42.5 Å². The van der Waals surface area contributed by atoms with Gasteiger partial charge in [-0.2, -0.15) is 0 Å². The molecule has 2 aromatic carbocycles. The Balaban J connectivity index is 1.30. The summed E-state index contributed by atoms with van der Waals surface area (Å²) in [6.07, 6.45) is 3.64. The lowest BCUT2D eigenvalue weighted by molar-refractivity contribution is -0.147. The van der Waals surface area contributed by atoms with E-state index in [4.69, 9.17) is 4.74 Å². The number of ether oxygens (including phenoxy) is 1. The smallest absolute Gasteiger partial charge is 0.328 e. The first-order valence-electron chi connectivity index (χ1n) is 11.6. The van der Waals surface area contributed by atoms with Gasteiger partial charge >= 0.3 is 5.97 Å². The Morgan fingerprint density at radius 3 is 2.58 bits per heavy atom. The summed E-state index contributed by atoms with van der Waals surface area (Å²) in [7, 11) is 1.34. The Kier molecular flexibility index (Phi) is 5.56. The van der Waals surface area contributed by atoms with Crippen LogP contribution in [0.4, 0.5) is 5.69 Å². The minimum absolute atomic E-state index is 0.0634. The van der Waals surface area contributed by atoms with Crippen LogP contribution in [0.2, 0.25) is 0 Å². The van der Waals surface area contributed by atoms with Crippen molar-refractivity contribution in [3.8, 4) is 0 Å². The van der Waals surface area contributed by atoms with Gasteiger partial charge in [-0.25, -0.2) is 4.79 Å². The van der Waals surface area contributed by atoms with Crippen LogP contribution in [0.3, 0.4) is 0 Å². The highest BCUT2D eigenvalue weighted by Gasteiger charge is 2.55. The molecule has 1 spiro atoms. The third-order valence-electron chi connectivity index (χ3n) is 7.56. The summed E-state index contributed by atoms with van der Waals surface area (Å²) in [6.45, 7) is 0. The zero-order chi connectivity index (χ0) is 23.0. The molecule has 5 atom stereocenters. The van der Waals surface area contributed by atoms with E-state index in [-0.39, 0.29) is 29.6 Å². The number of benzene rings is 2. The molecule has 2 aromatic rings. The molecule has 3 saturated carbocycles. The predicted octanol–water partition coefficient (Wildman–Crippen LogP) is 2.87. The summed E-state index contributed by atoms with van der Waals surface area (Å²) in [5.41, 5.74) is 1.95. The maximum absolute atomic E-state index is 13.3. The average Bonchev–Trinajstić information content (AvgIpc) is 2.84. The standard InChI is InChI=1S/C26H29N3O4/c1-33-25(32)22(13-16-7-3-2-4-8-16)27-23(30)20-14-18-12-11-17(20)15-26(18)28-21-10-6-5-9-19(21)24(31)29-26/h2-10,17-18,20,22,28H,11-15H2,1H3,(H,27,30)(H,29,31)/t17-,18+,20-,22+,26-/m1/s1. The second-order valence-corrected chi connectivity index (χ2v) is 9.45. The van der Waals surface area contributed by atoms with Crippen molar-refractivity contribution in [1.82, 2.24) is 10.6 Å². The Morgan fingerprint density at radius 2 is 1.85 bits per heavy atom. The molecule has 7 nitrogen and oxygen atoms in total. The van der Waals surface area contributed by atoms with E-state index in [0.717, 1.165) is 24.1 Å². The Morgan fingerprint density at radius 1 is 1.09 bits per heavy atom. The Hall–Kier alpha value is -3.35. The number of esters is 1. The minimum Gasteiger partial charge on any atom is -0.467 e. The first-order valence-corrected chi connectivity index (χ1v) is 11.6. The number of hydrogen-bond acceptors (Lipinski definition) is 5. The van der Waals surface area contributed by atoms with Crippen LogP contribution < -0.4 is 16.0 Å². The number of carbonyl (C=O) groups excluding carboxylic acids is 3. The molecule has 3 fully saturated rings. The van der Waals surface area contributed by atoms with E-state index >= 15 is 0 Å². The van der Waals surface area contributed by atoms with Crippen molar-refractivity contribution in [1.29, 1.82) is 0 Å². The van der Waals surface area contributed by atoms with Gasteiger partial charge in [-0.05, 0) is 49.3 Å². The van der Waals surface area contributed by atoms with Crippen molar-refractivity contribution in [2.45, 2.75) is 43.8 Å². The Labute approximate surface area is 193 Å². The summed E-state index contributed by atoms with van der Waals surface area (Å²) in [5, 5.41) is 9.79. The highest BCUT2D eigenvalue weighted by Crippen LogP contribution is 2.51. The molecule has 2 bridgehead atoms. The summed E-state index contributed by atoms with van der Waals surface area (Å²) >= 11 is 0. The summed E-state index contributed by atoms with van der Waals surface area (Å²) in [6, 6.07) is 16.4. The highest BCUT2D eigenvalue weighted by atomic mass is 16.5. The van der Waals surface area contributed by atoms with E-state index in [1.807, 2.05) is 54.6 Å². The fourth-order valence-electron chi connectivity index (χ4n) is 5.93. The van der Waals surface area contributed by atoms with E-state index in [9.17, 15) is 14.4 Å². The zero-order valence-corrected chi connectivity index (χ0v) is 18.7. The zero-order valence-electron chi connectivity index (χ0n) is 18.7. The van der Waals surface area contributed by atoms with Gasteiger partial charge in [0.1, 0.15) is 11.7 Å². The van der Waals surface area contributed by atoms with Gasteiger partial charge in [0.25, 0.3) is 5.91 Å². The van der Waals surface area contributed by atoms with Crippen LogP contribution >= 0.6 is 0 Å². The molecule has 0 radical (unpaired) electrons. The van der Waals surface area contributed by atoms with Crippen LogP contribution in [0.25, 0.3) is 0 Å². The number of anilines is 1. The molecule has 172 valence electrons. The van der Waals surface area contributed by atoms with Gasteiger partial charge in [0.05, 0.1) is 12.7 Å². The number of para-hydroxylation sites is 1.